The summed E-state index contributed by atoms with van der Waals surface area (Å²) in [4.78, 5) is 0. The zero-order chi connectivity index (χ0) is 16.9. The van der Waals surface area contributed by atoms with Crippen molar-refractivity contribution in [2.75, 3.05) is 7.11 Å². The van der Waals surface area contributed by atoms with Gasteiger partial charge in [0, 0.05) is 11.6 Å². The van der Waals surface area contributed by atoms with Gasteiger partial charge in [0.1, 0.15) is 17.3 Å². The second kappa shape index (κ2) is 7.56. The maximum atomic E-state index is 6.18. The summed E-state index contributed by atoms with van der Waals surface area (Å²) >= 11 is 6.18. The van der Waals surface area contributed by atoms with E-state index in [0.717, 1.165) is 17.1 Å². The number of halogens is 1. The molecule has 0 radical (unpaired) electrons. The molecule has 0 aliphatic rings. The zero-order valence-electron chi connectivity index (χ0n) is 13.8. The first kappa shape index (κ1) is 16.6. The highest BCUT2D eigenvalue weighted by Crippen LogP contribution is 2.31. The molecular formula is C20H20ClNO2. The van der Waals surface area contributed by atoms with E-state index in [9.17, 15) is 0 Å². The van der Waals surface area contributed by atoms with Gasteiger partial charge < -0.3 is 14.5 Å². The first-order valence-electron chi connectivity index (χ1n) is 7.88. The summed E-state index contributed by atoms with van der Waals surface area (Å²) in [5, 5.41) is 4.04. The highest BCUT2D eigenvalue weighted by atomic mass is 35.5. The molecule has 3 aromatic rings. The van der Waals surface area contributed by atoms with E-state index in [4.69, 9.17) is 20.8 Å². The van der Waals surface area contributed by atoms with Gasteiger partial charge in [0.2, 0.25) is 0 Å². The summed E-state index contributed by atoms with van der Waals surface area (Å²) in [6.45, 7) is 2.81. The van der Waals surface area contributed by atoms with Gasteiger partial charge in [-0.25, -0.2) is 0 Å². The highest BCUT2D eigenvalue weighted by Gasteiger charge is 2.09. The molecule has 0 saturated carbocycles. The average Bonchev–Trinajstić information content (AvgIpc) is 3.09. The van der Waals surface area contributed by atoms with Crippen molar-refractivity contribution < 1.29 is 9.15 Å². The lowest BCUT2D eigenvalue weighted by Crippen LogP contribution is -2.17. The first-order chi connectivity index (χ1) is 11.7. The normalized spacial score (nSPS) is 12.1. The van der Waals surface area contributed by atoms with E-state index < -0.39 is 0 Å². The SMILES string of the molecule is COc1ccc(-c2ccc(CN[C@H](C)c3ccccc3)o2)cc1Cl. The molecule has 0 saturated heterocycles. The van der Waals surface area contributed by atoms with Crippen molar-refractivity contribution in [3.05, 3.63) is 77.0 Å². The van der Waals surface area contributed by atoms with E-state index in [1.165, 1.54) is 5.56 Å². The topological polar surface area (TPSA) is 34.4 Å². The fourth-order valence-electron chi connectivity index (χ4n) is 2.56. The lowest BCUT2D eigenvalue weighted by Gasteiger charge is -2.13. The van der Waals surface area contributed by atoms with Crippen LogP contribution in [-0.4, -0.2) is 7.11 Å². The van der Waals surface area contributed by atoms with Gasteiger partial charge in [0.15, 0.2) is 0 Å². The molecule has 24 heavy (non-hydrogen) atoms. The van der Waals surface area contributed by atoms with Crippen molar-refractivity contribution in [2.45, 2.75) is 19.5 Å². The van der Waals surface area contributed by atoms with Crippen LogP contribution in [0.25, 0.3) is 11.3 Å². The maximum absolute atomic E-state index is 6.18. The Bertz CT molecular complexity index is 798. The predicted octanol–water partition coefficient (Wildman–Crippen LogP) is 5.46. The molecule has 1 aromatic heterocycles. The van der Waals surface area contributed by atoms with Gasteiger partial charge in [-0.05, 0) is 42.8 Å². The molecule has 0 bridgehead atoms. The van der Waals surface area contributed by atoms with Crippen LogP contribution in [0.15, 0.2) is 65.1 Å². The van der Waals surface area contributed by atoms with Crippen molar-refractivity contribution in [3.8, 4) is 17.1 Å². The van der Waals surface area contributed by atoms with E-state index in [1.54, 1.807) is 7.11 Å². The Morgan fingerprint density at radius 3 is 2.58 bits per heavy atom. The molecule has 124 valence electrons. The minimum atomic E-state index is 0.259. The lowest BCUT2D eigenvalue weighted by atomic mass is 10.1. The summed E-state index contributed by atoms with van der Waals surface area (Å²) < 4.78 is 11.1. The molecule has 0 amide bonds. The summed E-state index contributed by atoms with van der Waals surface area (Å²) in [5.74, 6) is 2.34. The fourth-order valence-corrected chi connectivity index (χ4v) is 2.82. The monoisotopic (exact) mass is 341 g/mol. The maximum Gasteiger partial charge on any atom is 0.137 e. The summed E-state index contributed by atoms with van der Waals surface area (Å²) in [6, 6.07) is 20.2. The van der Waals surface area contributed by atoms with E-state index in [-0.39, 0.29) is 6.04 Å². The molecule has 2 aromatic carbocycles. The van der Waals surface area contributed by atoms with Crippen LogP contribution in [0, 0.1) is 0 Å². The van der Waals surface area contributed by atoms with Crippen LogP contribution in [0.1, 0.15) is 24.3 Å². The van der Waals surface area contributed by atoms with Crippen LogP contribution in [0.2, 0.25) is 5.02 Å². The molecule has 0 spiro atoms. The van der Waals surface area contributed by atoms with Gasteiger partial charge in [-0.15, -0.1) is 0 Å². The van der Waals surface area contributed by atoms with Crippen molar-refractivity contribution in [1.29, 1.82) is 0 Å². The molecule has 0 fully saturated rings. The minimum absolute atomic E-state index is 0.259. The van der Waals surface area contributed by atoms with E-state index in [1.807, 2.05) is 48.5 Å². The third-order valence-electron chi connectivity index (χ3n) is 3.98. The Balaban J connectivity index is 1.66. The molecule has 1 atom stereocenters. The number of ether oxygens (including phenoxy) is 1. The summed E-state index contributed by atoms with van der Waals surface area (Å²) in [6.07, 6.45) is 0. The van der Waals surface area contributed by atoms with Gasteiger partial charge in [-0.2, -0.15) is 0 Å². The van der Waals surface area contributed by atoms with Crippen LogP contribution in [0.4, 0.5) is 0 Å². The molecule has 0 aliphatic carbocycles. The van der Waals surface area contributed by atoms with Crippen LogP contribution in [0.3, 0.4) is 0 Å². The van der Waals surface area contributed by atoms with Crippen LogP contribution < -0.4 is 10.1 Å². The second-order valence-electron chi connectivity index (χ2n) is 5.63. The Morgan fingerprint density at radius 1 is 1.08 bits per heavy atom. The fraction of sp³-hybridized carbons (Fsp3) is 0.200. The van der Waals surface area contributed by atoms with Crippen molar-refractivity contribution in [2.24, 2.45) is 0 Å². The van der Waals surface area contributed by atoms with Gasteiger partial charge in [-0.1, -0.05) is 41.9 Å². The quantitative estimate of drug-likeness (QED) is 0.646. The van der Waals surface area contributed by atoms with E-state index in [2.05, 4.69) is 24.4 Å². The molecule has 4 heteroatoms. The summed E-state index contributed by atoms with van der Waals surface area (Å²) in [5.41, 5.74) is 2.19. The third-order valence-corrected chi connectivity index (χ3v) is 4.28. The second-order valence-corrected chi connectivity index (χ2v) is 6.04. The van der Waals surface area contributed by atoms with Gasteiger partial charge in [0.25, 0.3) is 0 Å². The van der Waals surface area contributed by atoms with Crippen molar-refractivity contribution in [1.82, 2.24) is 5.32 Å². The standard InChI is InChI=1S/C20H20ClNO2/c1-14(15-6-4-3-5-7-15)22-13-17-9-11-19(24-17)16-8-10-20(23-2)18(21)12-16/h3-12,14,22H,13H2,1-2H3/t14-/m1/s1. The van der Waals surface area contributed by atoms with Gasteiger partial charge >= 0.3 is 0 Å². The number of hydrogen-bond donors (Lipinski definition) is 1. The van der Waals surface area contributed by atoms with Crippen molar-refractivity contribution in [3.63, 3.8) is 0 Å². The van der Waals surface area contributed by atoms with E-state index in [0.29, 0.717) is 17.3 Å². The van der Waals surface area contributed by atoms with E-state index >= 15 is 0 Å². The Hall–Kier alpha value is -2.23. The molecule has 1 N–H and O–H groups in total. The Morgan fingerprint density at radius 2 is 1.88 bits per heavy atom. The molecule has 0 unspecified atom stereocenters. The van der Waals surface area contributed by atoms with Gasteiger partial charge in [-0.3, -0.25) is 0 Å². The molecular weight excluding hydrogens is 322 g/mol. The summed E-state index contributed by atoms with van der Waals surface area (Å²) in [7, 11) is 1.60. The smallest absolute Gasteiger partial charge is 0.137 e. The van der Waals surface area contributed by atoms with Gasteiger partial charge in [0.05, 0.1) is 18.7 Å². The Labute approximate surface area is 147 Å². The number of nitrogens with one attached hydrogen (secondary N) is 1. The predicted molar refractivity (Wildman–Crippen MR) is 97.4 cm³/mol. The third kappa shape index (κ3) is 3.81. The number of hydrogen-bond acceptors (Lipinski definition) is 3. The number of furan rings is 1. The molecule has 1 heterocycles. The molecule has 3 nitrogen and oxygen atoms in total. The minimum Gasteiger partial charge on any atom is -0.495 e. The zero-order valence-corrected chi connectivity index (χ0v) is 14.5. The van der Waals surface area contributed by atoms with Crippen LogP contribution >= 0.6 is 11.6 Å². The molecule has 0 aliphatic heterocycles. The number of methoxy groups -OCH3 is 1. The van der Waals surface area contributed by atoms with Crippen molar-refractivity contribution >= 4 is 11.6 Å². The largest absolute Gasteiger partial charge is 0.495 e. The first-order valence-corrected chi connectivity index (χ1v) is 8.26. The highest BCUT2D eigenvalue weighted by molar-refractivity contribution is 6.32. The average molecular weight is 342 g/mol. The Kier molecular flexibility index (Phi) is 5.24. The van der Waals surface area contributed by atoms with Crippen LogP contribution in [0.5, 0.6) is 5.75 Å². The number of rotatable bonds is 6. The number of benzene rings is 2. The van der Waals surface area contributed by atoms with Crippen LogP contribution in [-0.2, 0) is 6.54 Å². The molecule has 3 rings (SSSR count). The lowest BCUT2D eigenvalue weighted by molar-refractivity contribution is 0.415.